The van der Waals surface area contributed by atoms with Crippen molar-refractivity contribution >= 4 is 27.6 Å². The van der Waals surface area contributed by atoms with Crippen molar-refractivity contribution in [1.29, 1.82) is 0 Å². The summed E-state index contributed by atoms with van der Waals surface area (Å²) in [5, 5.41) is 10.3. The Kier molecular flexibility index (Phi) is 6.64. The number of aliphatic hydroxyl groups is 1. The van der Waals surface area contributed by atoms with Crippen LogP contribution in [0.15, 0.2) is 11.4 Å². The molecule has 9 heteroatoms. The van der Waals surface area contributed by atoms with Crippen LogP contribution in [0.2, 0.25) is 0 Å². The van der Waals surface area contributed by atoms with E-state index in [9.17, 15) is 13.2 Å². The molecule has 0 saturated heterocycles. The number of hydrogen-bond acceptors (Lipinski definition) is 6. The molecule has 0 aromatic carbocycles. The Bertz CT molecular complexity index is 640. The van der Waals surface area contributed by atoms with E-state index in [0.717, 1.165) is 4.88 Å². The van der Waals surface area contributed by atoms with E-state index in [-0.39, 0.29) is 13.2 Å². The highest BCUT2D eigenvalue weighted by atomic mass is 32.2. The van der Waals surface area contributed by atoms with Gasteiger partial charge in [0, 0.05) is 22.4 Å². The Labute approximate surface area is 127 Å². The van der Waals surface area contributed by atoms with E-state index in [2.05, 4.69) is 21.3 Å². The average molecular weight is 332 g/mol. The number of ether oxygens (including phenoxy) is 1. The molecule has 0 spiro atoms. The minimum Gasteiger partial charge on any atom is -0.446 e. The van der Waals surface area contributed by atoms with E-state index in [1.54, 1.807) is 30.0 Å². The Morgan fingerprint density at radius 2 is 2.24 bits per heavy atom. The summed E-state index contributed by atoms with van der Waals surface area (Å²) in [6.45, 7) is 3.01. The molecule has 0 fully saturated rings. The summed E-state index contributed by atoms with van der Waals surface area (Å²) in [5.74, 6) is 5.20. The molecule has 1 aromatic rings. The summed E-state index contributed by atoms with van der Waals surface area (Å²) >= 11 is 1.32. The normalized spacial score (nSPS) is 10.9. The van der Waals surface area contributed by atoms with E-state index in [4.69, 9.17) is 5.11 Å². The van der Waals surface area contributed by atoms with Crippen molar-refractivity contribution in [3.05, 3.63) is 21.9 Å². The molecule has 0 unspecified atom stereocenters. The van der Waals surface area contributed by atoms with Gasteiger partial charge < -0.3 is 9.84 Å². The summed E-state index contributed by atoms with van der Waals surface area (Å²) in [6.07, 6.45) is -1.44. The van der Waals surface area contributed by atoms with Crippen molar-refractivity contribution < 1.29 is 23.1 Å². The number of hydrogen-bond donors (Lipinski definition) is 3. The smallest absolute Gasteiger partial charge is 0.422 e. The van der Waals surface area contributed by atoms with Gasteiger partial charge in [-0.05, 0) is 19.9 Å². The van der Waals surface area contributed by atoms with Gasteiger partial charge in [-0.2, -0.15) is 13.1 Å². The maximum atomic E-state index is 11.6. The van der Waals surface area contributed by atoms with Gasteiger partial charge in [0.1, 0.15) is 6.61 Å². The van der Waals surface area contributed by atoms with Gasteiger partial charge >= 0.3 is 16.3 Å². The van der Waals surface area contributed by atoms with Crippen LogP contribution in [0.5, 0.6) is 0 Å². The van der Waals surface area contributed by atoms with Crippen LogP contribution in [0, 0.1) is 11.8 Å². The molecule has 116 valence electrons. The first-order chi connectivity index (χ1) is 9.82. The minimum absolute atomic E-state index is 0.0236. The van der Waals surface area contributed by atoms with Crippen LogP contribution in [-0.2, 0) is 21.5 Å². The number of aliphatic hydroxyl groups excluding tert-OH is 1. The molecule has 0 saturated carbocycles. The first-order valence-corrected chi connectivity index (χ1v) is 8.34. The number of nitrogens with one attached hydrogen (secondary N) is 2. The summed E-state index contributed by atoms with van der Waals surface area (Å²) in [4.78, 5) is 11.9. The highest BCUT2D eigenvalue weighted by Gasteiger charge is 2.16. The molecule has 0 aliphatic heterocycles. The van der Waals surface area contributed by atoms with Gasteiger partial charge in [0.2, 0.25) is 0 Å². The lowest BCUT2D eigenvalue weighted by Gasteiger charge is -2.10. The van der Waals surface area contributed by atoms with Gasteiger partial charge in [-0.3, -0.25) is 0 Å². The number of rotatable bonds is 5. The summed E-state index contributed by atoms with van der Waals surface area (Å²) in [6, 6.07) is 1.70. The second kappa shape index (κ2) is 7.99. The van der Waals surface area contributed by atoms with Crippen molar-refractivity contribution in [2.75, 3.05) is 6.61 Å². The molecule has 21 heavy (non-hydrogen) atoms. The van der Waals surface area contributed by atoms with Crippen molar-refractivity contribution in [1.82, 2.24) is 9.44 Å². The summed E-state index contributed by atoms with van der Waals surface area (Å²) in [7, 11) is -3.98. The Morgan fingerprint density at radius 1 is 1.52 bits per heavy atom. The SMILES string of the molecule is CC(C)OC(=O)NS(=O)(=O)NCc1cc(C#CCO)cs1. The maximum Gasteiger partial charge on any atom is 0.422 e. The fourth-order valence-corrected chi connectivity index (χ4v) is 2.76. The standard InChI is InChI=1S/C12H16N2O5S2/c1-9(2)19-12(16)14-21(17,18)13-7-11-6-10(8-20-11)4-3-5-15/h6,8-9,13,15H,5,7H2,1-2H3,(H,14,16). The Hall–Kier alpha value is -1.60. The van der Waals surface area contributed by atoms with Crippen molar-refractivity contribution in [2.45, 2.75) is 26.5 Å². The Balaban J connectivity index is 2.53. The van der Waals surface area contributed by atoms with Gasteiger partial charge in [0.05, 0.1) is 6.10 Å². The van der Waals surface area contributed by atoms with E-state index in [1.807, 2.05) is 0 Å². The molecule has 7 nitrogen and oxygen atoms in total. The van der Waals surface area contributed by atoms with Crippen LogP contribution in [0.25, 0.3) is 0 Å². The van der Waals surface area contributed by atoms with Gasteiger partial charge in [-0.25, -0.2) is 9.52 Å². The van der Waals surface area contributed by atoms with Crippen LogP contribution >= 0.6 is 11.3 Å². The fraction of sp³-hybridized carbons (Fsp3) is 0.417. The monoisotopic (exact) mass is 332 g/mol. The molecule has 0 atom stereocenters. The molecule has 0 aliphatic rings. The molecule has 0 aliphatic carbocycles. The molecule has 1 amide bonds. The number of thiophene rings is 1. The zero-order valence-electron chi connectivity index (χ0n) is 11.5. The second-order valence-corrected chi connectivity index (χ2v) is 6.64. The molecule has 1 aromatic heterocycles. The summed E-state index contributed by atoms with van der Waals surface area (Å²) in [5.41, 5.74) is 0.690. The zero-order chi connectivity index (χ0) is 15.9. The van der Waals surface area contributed by atoms with Crippen LogP contribution in [0.1, 0.15) is 24.3 Å². The number of amides is 1. The highest BCUT2D eigenvalue weighted by molar-refractivity contribution is 7.88. The van der Waals surface area contributed by atoms with Crippen LogP contribution < -0.4 is 9.44 Å². The lowest BCUT2D eigenvalue weighted by molar-refractivity contribution is 0.121. The molecule has 1 heterocycles. The van der Waals surface area contributed by atoms with Crippen molar-refractivity contribution in [3.63, 3.8) is 0 Å². The second-order valence-electron chi connectivity index (χ2n) is 4.14. The quantitative estimate of drug-likeness (QED) is 0.684. The van der Waals surface area contributed by atoms with E-state index in [1.165, 1.54) is 11.3 Å². The molecular formula is C12H16N2O5S2. The predicted octanol–water partition coefficient (Wildman–Crippen LogP) is 0.561. The van der Waals surface area contributed by atoms with E-state index in [0.29, 0.717) is 5.56 Å². The summed E-state index contributed by atoms with van der Waals surface area (Å²) < 4.78 is 31.8. The van der Waals surface area contributed by atoms with Gasteiger partial charge in [0.25, 0.3) is 0 Å². The minimum atomic E-state index is -3.98. The first kappa shape index (κ1) is 17.5. The third-order valence-corrected chi connectivity index (χ3v) is 3.86. The average Bonchev–Trinajstić information content (AvgIpc) is 2.80. The van der Waals surface area contributed by atoms with Gasteiger partial charge in [-0.1, -0.05) is 11.8 Å². The van der Waals surface area contributed by atoms with Crippen molar-refractivity contribution in [3.8, 4) is 11.8 Å². The third-order valence-electron chi connectivity index (χ3n) is 1.96. The van der Waals surface area contributed by atoms with Crippen LogP contribution in [0.3, 0.4) is 0 Å². The van der Waals surface area contributed by atoms with E-state index >= 15 is 0 Å². The van der Waals surface area contributed by atoms with Crippen LogP contribution in [0.4, 0.5) is 4.79 Å². The molecule has 0 bridgehead atoms. The van der Waals surface area contributed by atoms with Gasteiger partial charge in [-0.15, -0.1) is 11.3 Å². The maximum absolute atomic E-state index is 11.6. The Morgan fingerprint density at radius 3 is 2.86 bits per heavy atom. The molecule has 0 radical (unpaired) electrons. The largest absolute Gasteiger partial charge is 0.446 e. The highest BCUT2D eigenvalue weighted by Crippen LogP contribution is 2.13. The molecule has 3 N–H and O–H groups in total. The number of carbonyl (C=O) groups is 1. The zero-order valence-corrected chi connectivity index (χ0v) is 13.2. The fourth-order valence-electron chi connectivity index (χ4n) is 1.23. The van der Waals surface area contributed by atoms with Crippen molar-refractivity contribution in [2.24, 2.45) is 0 Å². The lowest BCUT2D eigenvalue weighted by Crippen LogP contribution is -2.40. The number of carbonyl (C=O) groups excluding carboxylic acids is 1. The molecular weight excluding hydrogens is 316 g/mol. The predicted molar refractivity (Wildman–Crippen MR) is 78.8 cm³/mol. The topological polar surface area (TPSA) is 105 Å². The molecule has 1 rings (SSSR count). The van der Waals surface area contributed by atoms with Crippen LogP contribution in [-0.4, -0.2) is 32.3 Å². The lowest BCUT2D eigenvalue weighted by atomic mass is 10.3. The first-order valence-electron chi connectivity index (χ1n) is 5.97. The third kappa shape index (κ3) is 7.10. The van der Waals surface area contributed by atoms with E-state index < -0.39 is 22.4 Å². The van der Waals surface area contributed by atoms with Gasteiger partial charge in [0.15, 0.2) is 0 Å².